The van der Waals surface area contributed by atoms with Gasteiger partial charge in [-0.2, -0.15) is 0 Å². The highest BCUT2D eigenvalue weighted by atomic mass is 28.3. The number of likely N-dealkylation sites (tertiary alicyclic amines) is 1. The molecule has 1 aliphatic heterocycles. The summed E-state index contributed by atoms with van der Waals surface area (Å²) in [7, 11) is -1.39. The fraction of sp³-hybridized carbons (Fsp3) is 0.688. The first kappa shape index (κ1) is 42.3. The number of ether oxygens (including phenoxy) is 6. The first-order valence-electron chi connectivity index (χ1n) is 15.4. The number of alkyl halides is 3. The second-order valence-electron chi connectivity index (χ2n) is 15.3. The van der Waals surface area contributed by atoms with Gasteiger partial charge in [0.15, 0.2) is 0 Å². The van der Waals surface area contributed by atoms with Gasteiger partial charge in [-0.25, -0.2) is 19.2 Å². The predicted octanol–water partition coefficient (Wildman–Crippen LogP) is 8.23. The Morgan fingerprint density at radius 2 is 1.35 bits per heavy atom. The van der Waals surface area contributed by atoms with Crippen molar-refractivity contribution in [2.24, 2.45) is 0 Å². The van der Waals surface area contributed by atoms with Crippen LogP contribution in [0.5, 0.6) is 5.75 Å². The fourth-order valence-corrected chi connectivity index (χ4v) is 4.67. The number of halogens is 3. The minimum Gasteiger partial charge on any atom is -0.450 e. The van der Waals surface area contributed by atoms with E-state index in [4.69, 9.17) is 18.9 Å². The molecule has 2 rings (SSSR count). The molecule has 1 aromatic carbocycles. The van der Waals surface area contributed by atoms with Crippen molar-refractivity contribution in [1.82, 2.24) is 10.2 Å². The van der Waals surface area contributed by atoms with Gasteiger partial charge >= 0.3 is 30.9 Å². The molecule has 2 atom stereocenters. The third-order valence-electron chi connectivity index (χ3n) is 5.83. The Bertz CT molecular complexity index is 1220. The number of nitrogens with zero attached hydrogens (tertiary/aromatic N) is 1. The molecule has 274 valence electrons. The van der Waals surface area contributed by atoms with E-state index >= 15 is 0 Å². The van der Waals surface area contributed by atoms with Crippen LogP contribution in [-0.2, 0) is 23.7 Å². The number of nitrogens with one attached hydrogen (secondary N) is 1. The lowest BCUT2D eigenvalue weighted by Crippen LogP contribution is -2.42. The highest BCUT2D eigenvalue weighted by Gasteiger charge is 2.40. The first-order valence-corrected chi connectivity index (χ1v) is 19.1. The van der Waals surface area contributed by atoms with Gasteiger partial charge in [0, 0.05) is 27.1 Å². The van der Waals surface area contributed by atoms with Crippen LogP contribution in [0, 0.1) is 0 Å². The maximum Gasteiger partial charge on any atom is 0.573 e. The quantitative estimate of drug-likeness (QED) is 0.133. The molecule has 1 saturated heterocycles. The van der Waals surface area contributed by atoms with Crippen molar-refractivity contribution < 1.29 is 60.8 Å². The topological polar surface area (TPSA) is 139 Å². The van der Waals surface area contributed by atoms with Gasteiger partial charge in [-0.05, 0) is 86.1 Å². The lowest BCUT2D eigenvalue weighted by atomic mass is 9.94. The van der Waals surface area contributed by atoms with Crippen LogP contribution in [0.1, 0.15) is 73.8 Å². The second kappa shape index (κ2) is 16.6. The molecule has 0 spiro atoms. The summed E-state index contributed by atoms with van der Waals surface area (Å²) in [4.78, 5) is 48.4. The molecule has 0 saturated carbocycles. The average Bonchev–Trinajstić information content (AvgIpc) is 3.23. The molecule has 1 aromatic rings. The van der Waals surface area contributed by atoms with E-state index < -0.39 is 67.7 Å². The lowest BCUT2D eigenvalue weighted by Gasteiger charge is -2.24. The highest BCUT2D eigenvalue weighted by Crippen LogP contribution is 2.32. The fourth-order valence-electron chi connectivity index (χ4n) is 3.96. The summed E-state index contributed by atoms with van der Waals surface area (Å²) in [6, 6.07) is 5.77. The number of carbonyl (C=O) groups is 4. The van der Waals surface area contributed by atoms with E-state index in [2.05, 4.69) is 34.4 Å². The van der Waals surface area contributed by atoms with E-state index in [1.54, 1.807) is 68.4 Å². The summed E-state index contributed by atoms with van der Waals surface area (Å²) >= 11 is 0. The molecule has 1 aliphatic rings. The number of hydrogen-bond acceptors (Lipinski definition) is 10. The maximum atomic E-state index is 12.7. The average molecular weight is 709 g/mol. The summed E-state index contributed by atoms with van der Waals surface area (Å²) < 4.78 is 66.6. The highest BCUT2D eigenvalue weighted by molar-refractivity contribution is 6.76. The van der Waals surface area contributed by atoms with Crippen LogP contribution in [0.15, 0.2) is 24.3 Å². The standard InChI is InChI=1S/C22H33F3N2O5Si.C10H18O5/c1-21(2,3)32-20(29)27-13-17(15-8-7-9-16(12-15)31-22(23,24)25)18(14-27)26-19(28)30-10-11-33(4,5)6;1-9(2,3)14-7(11)13-8(12)15-10(4,5)6/h7-9,12,17-18H,10-11,13-14H2,1-6H3,(H,26,28);1-6H3/t17-,18+;/m0./s1. The van der Waals surface area contributed by atoms with E-state index in [-0.39, 0.29) is 25.4 Å². The van der Waals surface area contributed by atoms with Gasteiger partial charge in [-0.15, -0.1) is 13.2 Å². The van der Waals surface area contributed by atoms with Gasteiger partial charge < -0.3 is 38.6 Å². The molecular formula is C32H51F3N2O10Si. The van der Waals surface area contributed by atoms with E-state index in [1.165, 1.54) is 23.1 Å². The summed E-state index contributed by atoms with van der Waals surface area (Å²) in [5.41, 5.74) is -1.61. The largest absolute Gasteiger partial charge is 0.573 e. The number of rotatable bonds is 6. The first-order chi connectivity index (χ1) is 21.5. The lowest BCUT2D eigenvalue weighted by molar-refractivity contribution is -0.274. The molecule has 1 N–H and O–H groups in total. The van der Waals surface area contributed by atoms with E-state index in [0.717, 1.165) is 6.04 Å². The second-order valence-corrected chi connectivity index (χ2v) is 21.0. The van der Waals surface area contributed by atoms with Crippen molar-refractivity contribution in [2.75, 3.05) is 19.7 Å². The minimum absolute atomic E-state index is 0.132. The van der Waals surface area contributed by atoms with Crippen molar-refractivity contribution in [3.05, 3.63) is 29.8 Å². The SMILES string of the molecule is CC(C)(C)OC(=O)N1C[C@@H](NC(=O)OCC[Si](C)(C)C)[C@H](c2cccc(OC(F)(F)F)c2)C1.CC(C)(C)OC(=O)OC(=O)OC(C)(C)C. The zero-order valence-corrected chi connectivity index (χ0v) is 31.0. The van der Waals surface area contributed by atoms with Gasteiger partial charge in [0.25, 0.3) is 0 Å². The van der Waals surface area contributed by atoms with Crippen molar-refractivity contribution in [1.29, 1.82) is 0 Å². The smallest absolute Gasteiger partial charge is 0.450 e. The third kappa shape index (κ3) is 19.2. The molecule has 1 heterocycles. The third-order valence-corrected chi connectivity index (χ3v) is 7.53. The molecular weight excluding hydrogens is 657 g/mol. The molecule has 0 unspecified atom stereocenters. The molecule has 0 bridgehead atoms. The molecule has 48 heavy (non-hydrogen) atoms. The molecule has 2 amide bonds. The Hall–Kier alpha value is -3.69. The number of benzene rings is 1. The van der Waals surface area contributed by atoms with Crippen LogP contribution in [-0.4, -0.2) is 86.4 Å². The van der Waals surface area contributed by atoms with Crippen LogP contribution in [0.25, 0.3) is 0 Å². The van der Waals surface area contributed by atoms with Gasteiger partial charge in [-0.1, -0.05) is 31.8 Å². The number of amides is 2. The van der Waals surface area contributed by atoms with Gasteiger partial charge in [0.1, 0.15) is 22.6 Å². The van der Waals surface area contributed by atoms with Crippen LogP contribution >= 0.6 is 0 Å². The van der Waals surface area contributed by atoms with Gasteiger partial charge in [-0.3, -0.25) is 0 Å². The van der Waals surface area contributed by atoms with E-state index in [9.17, 15) is 32.3 Å². The van der Waals surface area contributed by atoms with Gasteiger partial charge in [0.05, 0.1) is 12.6 Å². The zero-order chi connectivity index (χ0) is 37.3. The number of hydrogen-bond donors (Lipinski definition) is 1. The molecule has 16 heteroatoms. The molecule has 0 aromatic heterocycles. The Morgan fingerprint density at radius 3 is 1.81 bits per heavy atom. The van der Waals surface area contributed by atoms with Gasteiger partial charge in [0.2, 0.25) is 0 Å². The van der Waals surface area contributed by atoms with Crippen LogP contribution in [0.4, 0.5) is 32.3 Å². The zero-order valence-electron chi connectivity index (χ0n) is 30.0. The van der Waals surface area contributed by atoms with Crippen LogP contribution in [0.3, 0.4) is 0 Å². The van der Waals surface area contributed by atoms with Crippen LogP contribution in [0.2, 0.25) is 25.7 Å². The summed E-state index contributed by atoms with van der Waals surface area (Å²) in [5.74, 6) is -0.842. The summed E-state index contributed by atoms with van der Waals surface area (Å²) in [6.45, 7) is 22.3. The number of carbonyl (C=O) groups excluding carboxylic acids is 4. The van der Waals surface area contributed by atoms with E-state index in [1.807, 2.05) is 0 Å². The summed E-state index contributed by atoms with van der Waals surface area (Å²) in [6.07, 6.45) is -8.13. The Morgan fingerprint density at radius 1 is 0.833 bits per heavy atom. The Balaban J connectivity index is 0.000000646. The van der Waals surface area contributed by atoms with Crippen LogP contribution < -0.4 is 10.1 Å². The predicted molar refractivity (Wildman–Crippen MR) is 174 cm³/mol. The van der Waals surface area contributed by atoms with Crippen molar-refractivity contribution in [3.63, 3.8) is 0 Å². The molecule has 1 fully saturated rings. The normalized spacial score (nSPS) is 16.9. The Labute approximate surface area is 281 Å². The minimum atomic E-state index is -4.82. The molecule has 0 aliphatic carbocycles. The van der Waals surface area contributed by atoms with E-state index in [0.29, 0.717) is 5.56 Å². The van der Waals surface area contributed by atoms with Crippen molar-refractivity contribution in [2.45, 2.75) is 123 Å². The maximum absolute atomic E-state index is 12.7. The summed E-state index contributed by atoms with van der Waals surface area (Å²) in [5, 5.41) is 2.77. The number of alkyl carbamates (subject to hydrolysis) is 1. The molecule has 12 nitrogen and oxygen atoms in total. The van der Waals surface area contributed by atoms with Crippen molar-refractivity contribution in [3.8, 4) is 5.75 Å². The molecule has 0 radical (unpaired) electrons. The Kier molecular flexibility index (Phi) is 14.7. The van der Waals surface area contributed by atoms with Crippen molar-refractivity contribution >= 4 is 32.6 Å². The monoisotopic (exact) mass is 708 g/mol.